The summed E-state index contributed by atoms with van der Waals surface area (Å²) >= 11 is 0. The Morgan fingerprint density at radius 2 is 1.77 bits per heavy atom. The number of nitrogens with two attached hydrogens (primary N) is 1. The van der Waals surface area contributed by atoms with Gasteiger partial charge in [-0.3, -0.25) is 0 Å². The molecule has 0 radical (unpaired) electrons. The van der Waals surface area contributed by atoms with E-state index in [-0.39, 0.29) is 11.7 Å². The minimum atomic E-state index is -0.944. The number of rotatable bonds is 5. The van der Waals surface area contributed by atoms with Crippen molar-refractivity contribution in [3.8, 4) is 11.4 Å². The second-order valence-electron chi connectivity index (χ2n) is 6.25. The molecule has 1 aliphatic rings. The topological polar surface area (TPSA) is 80.7 Å². The predicted octanol–water partition coefficient (Wildman–Crippen LogP) is 3.03. The van der Waals surface area contributed by atoms with Gasteiger partial charge in [0.25, 0.3) is 0 Å². The van der Waals surface area contributed by atoms with Gasteiger partial charge in [0.15, 0.2) is 0 Å². The lowest BCUT2D eigenvalue weighted by Gasteiger charge is -2.41. The lowest BCUT2D eigenvalue weighted by Crippen LogP contribution is -2.54. The summed E-state index contributed by atoms with van der Waals surface area (Å²) in [7, 11) is 0. The van der Waals surface area contributed by atoms with E-state index in [1.165, 1.54) is 0 Å². The molecule has 2 heterocycles. The van der Waals surface area contributed by atoms with Crippen molar-refractivity contribution in [2.24, 2.45) is 0 Å². The van der Waals surface area contributed by atoms with E-state index in [2.05, 4.69) is 4.90 Å². The molecule has 1 fully saturated rings. The van der Waals surface area contributed by atoms with Crippen LogP contribution in [0.2, 0.25) is 0 Å². The van der Waals surface area contributed by atoms with Crippen molar-refractivity contribution >= 4 is 17.3 Å². The molecule has 0 spiro atoms. The van der Waals surface area contributed by atoms with Gasteiger partial charge in [-0.25, -0.2) is 4.79 Å². The highest BCUT2D eigenvalue weighted by molar-refractivity contribution is 5.95. The smallest absolute Gasteiger partial charge is 0.337 e. The molecular weight excluding hydrogens is 330 g/mol. The summed E-state index contributed by atoms with van der Waals surface area (Å²) in [5, 5.41) is 9.57. The Morgan fingerprint density at radius 3 is 2.46 bits per heavy atom. The van der Waals surface area contributed by atoms with Crippen molar-refractivity contribution in [1.82, 2.24) is 4.57 Å². The van der Waals surface area contributed by atoms with Crippen LogP contribution in [0.4, 0.5) is 11.4 Å². The number of carboxylic acids is 1. The van der Waals surface area contributed by atoms with Gasteiger partial charge < -0.3 is 25.0 Å². The van der Waals surface area contributed by atoms with E-state index in [0.717, 1.165) is 5.69 Å². The molecule has 0 unspecified atom stereocenters. The third-order valence-corrected chi connectivity index (χ3v) is 4.51. The average Bonchev–Trinajstić information content (AvgIpc) is 3.13. The molecule has 6 nitrogen and oxygen atoms in total. The maximum atomic E-state index is 11.7. The number of hydrogen-bond donors (Lipinski definition) is 2. The van der Waals surface area contributed by atoms with Gasteiger partial charge in [-0.05, 0) is 36.4 Å². The highest BCUT2D eigenvalue weighted by Gasteiger charge is 2.32. The second-order valence-corrected chi connectivity index (χ2v) is 6.25. The number of para-hydroxylation sites is 3. The maximum Gasteiger partial charge on any atom is 0.337 e. The molecule has 1 saturated heterocycles. The van der Waals surface area contributed by atoms with Gasteiger partial charge in [0, 0.05) is 12.4 Å². The fourth-order valence-electron chi connectivity index (χ4n) is 3.19. The van der Waals surface area contributed by atoms with Gasteiger partial charge in [-0.1, -0.05) is 18.2 Å². The summed E-state index contributed by atoms with van der Waals surface area (Å²) in [6.45, 7) is 1.34. The molecule has 1 aromatic heterocycles. The molecule has 132 valence electrons. The van der Waals surface area contributed by atoms with Crippen molar-refractivity contribution in [3.63, 3.8) is 0 Å². The van der Waals surface area contributed by atoms with Crippen molar-refractivity contribution in [3.05, 3.63) is 72.6 Å². The largest absolute Gasteiger partial charge is 0.485 e. The standard InChI is InChI=1S/C20H19N3O3/c21-16-7-1-2-9-18(16)26-14-12-23(13-14)17-8-5-6-15(20(24)25)19(17)22-10-3-4-11-22/h1-11,14H,12-13,21H2,(H,24,25). The molecule has 1 aliphatic heterocycles. The number of ether oxygens (including phenoxy) is 1. The zero-order valence-corrected chi connectivity index (χ0v) is 14.1. The monoisotopic (exact) mass is 349 g/mol. The SMILES string of the molecule is Nc1ccccc1OC1CN(c2cccc(C(=O)O)c2-n2cccc2)C1. The first-order valence-corrected chi connectivity index (χ1v) is 8.39. The molecule has 0 bridgehead atoms. The van der Waals surface area contributed by atoms with Crippen LogP contribution in [0.15, 0.2) is 67.0 Å². The van der Waals surface area contributed by atoms with Crippen LogP contribution in [-0.2, 0) is 0 Å². The number of benzene rings is 2. The fourth-order valence-corrected chi connectivity index (χ4v) is 3.19. The number of nitrogen functional groups attached to an aromatic ring is 1. The molecular formula is C20H19N3O3. The summed E-state index contributed by atoms with van der Waals surface area (Å²) in [4.78, 5) is 13.8. The quantitative estimate of drug-likeness (QED) is 0.692. The van der Waals surface area contributed by atoms with Gasteiger partial charge in [-0.15, -0.1) is 0 Å². The van der Waals surface area contributed by atoms with Crippen LogP contribution >= 0.6 is 0 Å². The van der Waals surface area contributed by atoms with Crippen molar-refractivity contribution < 1.29 is 14.6 Å². The lowest BCUT2D eigenvalue weighted by atomic mass is 10.1. The van der Waals surface area contributed by atoms with Gasteiger partial charge in [0.05, 0.1) is 35.7 Å². The Bertz CT molecular complexity index is 931. The zero-order valence-electron chi connectivity index (χ0n) is 14.1. The van der Waals surface area contributed by atoms with Crippen LogP contribution in [0.1, 0.15) is 10.4 Å². The average molecular weight is 349 g/mol. The van der Waals surface area contributed by atoms with Gasteiger partial charge in [-0.2, -0.15) is 0 Å². The first-order chi connectivity index (χ1) is 12.6. The van der Waals surface area contributed by atoms with E-state index in [1.54, 1.807) is 12.1 Å². The van der Waals surface area contributed by atoms with Crippen LogP contribution in [0.3, 0.4) is 0 Å². The summed E-state index contributed by atoms with van der Waals surface area (Å²) in [5.74, 6) is -0.261. The number of carbonyl (C=O) groups is 1. The number of anilines is 2. The van der Waals surface area contributed by atoms with Crippen LogP contribution in [0.5, 0.6) is 5.75 Å². The number of aromatic carboxylic acids is 1. The van der Waals surface area contributed by atoms with E-state index in [1.807, 2.05) is 59.4 Å². The maximum absolute atomic E-state index is 11.7. The summed E-state index contributed by atoms with van der Waals surface area (Å²) in [5.41, 5.74) is 8.36. The number of carboxylic acid groups (broad SMARTS) is 1. The van der Waals surface area contributed by atoms with Crippen molar-refractivity contribution in [2.75, 3.05) is 23.7 Å². The Morgan fingerprint density at radius 1 is 1.04 bits per heavy atom. The van der Waals surface area contributed by atoms with Gasteiger partial charge in [0.2, 0.25) is 0 Å². The van der Waals surface area contributed by atoms with Crippen LogP contribution in [-0.4, -0.2) is 34.8 Å². The summed E-state index contributed by atoms with van der Waals surface area (Å²) in [6, 6.07) is 16.5. The van der Waals surface area contributed by atoms with Crippen LogP contribution in [0.25, 0.3) is 5.69 Å². The third kappa shape index (κ3) is 2.86. The number of nitrogens with zero attached hydrogens (tertiary/aromatic N) is 2. The first kappa shape index (κ1) is 16.1. The number of aromatic nitrogens is 1. The highest BCUT2D eigenvalue weighted by Crippen LogP contribution is 2.33. The Hall–Kier alpha value is -3.41. The Kier molecular flexibility index (Phi) is 4.01. The highest BCUT2D eigenvalue weighted by atomic mass is 16.5. The Balaban J connectivity index is 1.57. The molecule has 3 aromatic rings. The fraction of sp³-hybridized carbons (Fsp3) is 0.150. The first-order valence-electron chi connectivity index (χ1n) is 8.39. The van der Waals surface area contributed by atoms with E-state index < -0.39 is 5.97 Å². The summed E-state index contributed by atoms with van der Waals surface area (Å²) < 4.78 is 7.79. The second kappa shape index (κ2) is 6.48. The molecule has 2 aromatic carbocycles. The Labute approximate surface area is 151 Å². The molecule has 0 saturated carbocycles. The molecule has 26 heavy (non-hydrogen) atoms. The van der Waals surface area contributed by atoms with Crippen LogP contribution < -0.4 is 15.4 Å². The van der Waals surface area contributed by atoms with E-state index in [9.17, 15) is 9.90 Å². The minimum Gasteiger partial charge on any atom is -0.485 e. The molecule has 0 atom stereocenters. The molecule has 3 N–H and O–H groups in total. The molecule has 4 rings (SSSR count). The normalized spacial score (nSPS) is 14.1. The lowest BCUT2D eigenvalue weighted by molar-refractivity contribution is 0.0697. The molecule has 0 amide bonds. The van der Waals surface area contributed by atoms with Crippen molar-refractivity contribution in [2.45, 2.75) is 6.10 Å². The van der Waals surface area contributed by atoms with E-state index in [4.69, 9.17) is 10.5 Å². The van der Waals surface area contributed by atoms with Gasteiger partial charge >= 0.3 is 5.97 Å². The summed E-state index contributed by atoms with van der Waals surface area (Å²) in [6.07, 6.45) is 3.72. The third-order valence-electron chi connectivity index (χ3n) is 4.51. The van der Waals surface area contributed by atoms with Crippen LogP contribution in [0, 0.1) is 0 Å². The van der Waals surface area contributed by atoms with Crippen molar-refractivity contribution in [1.29, 1.82) is 0 Å². The number of hydrogen-bond acceptors (Lipinski definition) is 4. The van der Waals surface area contributed by atoms with Gasteiger partial charge in [0.1, 0.15) is 11.9 Å². The minimum absolute atomic E-state index is 0.0192. The van der Waals surface area contributed by atoms with E-state index in [0.29, 0.717) is 30.2 Å². The molecule has 6 heteroatoms. The van der Waals surface area contributed by atoms with E-state index >= 15 is 0 Å². The molecule has 0 aliphatic carbocycles. The predicted molar refractivity (Wildman–Crippen MR) is 100 cm³/mol. The zero-order chi connectivity index (χ0) is 18.1.